The van der Waals surface area contributed by atoms with Gasteiger partial charge in [0.1, 0.15) is 5.60 Å². The van der Waals surface area contributed by atoms with E-state index in [1.54, 1.807) is 0 Å². The van der Waals surface area contributed by atoms with Crippen molar-refractivity contribution < 1.29 is 14.6 Å². The quantitative estimate of drug-likeness (QED) is 0.588. The number of halogens is 1. The summed E-state index contributed by atoms with van der Waals surface area (Å²) in [4.78, 5) is 13.0. The summed E-state index contributed by atoms with van der Waals surface area (Å²) in [6.45, 7) is 2.40. The number of nitrogens with one attached hydrogen (secondary N) is 1. The second-order valence-corrected chi connectivity index (χ2v) is 9.61. The number of aromatic nitrogens is 1. The molecule has 2 fully saturated rings. The molecule has 1 aromatic heterocycles. The maximum absolute atomic E-state index is 13.0. The molecule has 2 aromatic rings. The van der Waals surface area contributed by atoms with Gasteiger partial charge in [0, 0.05) is 34.7 Å². The fraction of sp³-hybridized carbons (Fsp3) is 0.609. The van der Waals surface area contributed by atoms with Gasteiger partial charge in [0.15, 0.2) is 0 Å². The molecule has 4 rings (SSSR count). The van der Waals surface area contributed by atoms with Crippen LogP contribution in [0.25, 0.3) is 10.9 Å². The molecule has 0 bridgehead atoms. The molecule has 0 spiro atoms. The van der Waals surface area contributed by atoms with Gasteiger partial charge in [-0.05, 0) is 43.7 Å². The second-order valence-electron chi connectivity index (χ2n) is 8.76. The lowest BCUT2D eigenvalue weighted by Gasteiger charge is -2.36. The van der Waals surface area contributed by atoms with Gasteiger partial charge in [-0.3, -0.25) is 4.79 Å². The van der Waals surface area contributed by atoms with Crippen molar-refractivity contribution >= 4 is 32.7 Å². The van der Waals surface area contributed by atoms with E-state index in [4.69, 9.17) is 4.74 Å². The lowest BCUT2D eigenvalue weighted by molar-refractivity contribution is -0.182. The van der Waals surface area contributed by atoms with E-state index in [0.29, 0.717) is 25.6 Å². The van der Waals surface area contributed by atoms with Crippen molar-refractivity contribution in [3.05, 3.63) is 34.4 Å². The van der Waals surface area contributed by atoms with Crippen LogP contribution in [0.15, 0.2) is 28.9 Å². The molecule has 0 unspecified atom stereocenters. The average molecular weight is 463 g/mol. The second kappa shape index (κ2) is 9.19. The van der Waals surface area contributed by atoms with E-state index in [0.717, 1.165) is 40.4 Å². The zero-order chi connectivity index (χ0) is 20.3. The fourth-order valence-electron chi connectivity index (χ4n) is 4.63. The molecule has 0 radical (unpaired) electrons. The van der Waals surface area contributed by atoms with E-state index in [2.05, 4.69) is 31.9 Å². The molecule has 29 heavy (non-hydrogen) atoms. The van der Waals surface area contributed by atoms with Crippen molar-refractivity contribution in [3.8, 4) is 0 Å². The number of ether oxygens (including phenoxy) is 1. The van der Waals surface area contributed by atoms with Gasteiger partial charge in [0.05, 0.1) is 18.8 Å². The molecule has 2 N–H and O–H groups in total. The van der Waals surface area contributed by atoms with Gasteiger partial charge >= 0.3 is 0 Å². The van der Waals surface area contributed by atoms with Gasteiger partial charge < -0.3 is 19.7 Å². The molecule has 158 valence electrons. The summed E-state index contributed by atoms with van der Waals surface area (Å²) in [5, 5.41) is 14.4. The van der Waals surface area contributed by atoms with Crippen molar-refractivity contribution in [1.82, 2.24) is 9.88 Å². The van der Waals surface area contributed by atoms with Gasteiger partial charge in [0.25, 0.3) is 5.91 Å². The van der Waals surface area contributed by atoms with Crippen LogP contribution >= 0.6 is 15.9 Å². The first-order chi connectivity index (χ1) is 14.1. The van der Waals surface area contributed by atoms with Gasteiger partial charge in [-0.2, -0.15) is 0 Å². The zero-order valence-electron chi connectivity index (χ0n) is 17.0. The van der Waals surface area contributed by atoms with Crippen LogP contribution in [0, 0.1) is 5.92 Å². The monoisotopic (exact) mass is 462 g/mol. The van der Waals surface area contributed by atoms with Crippen molar-refractivity contribution in [3.63, 3.8) is 0 Å². The number of aliphatic hydroxyl groups is 1. The summed E-state index contributed by atoms with van der Waals surface area (Å²) < 4.78 is 8.22. The lowest BCUT2D eigenvalue weighted by atomic mass is 9.96. The van der Waals surface area contributed by atoms with Crippen LogP contribution in [-0.4, -0.2) is 40.9 Å². The van der Waals surface area contributed by atoms with Gasteiger partial charge in [-0.15, -0.1) is 0 Å². The van der Waals surface area contributed by atoms with Crippen LogP contribution in [0.4, 0.5) is 0 Å². The summed E-state index contributed by atoms with van der Waals surface area (Å²) >= 11 is 3.64. The van der Waals surface area contributed by atoms with E-state index in [-0.39, 0.29) is 5.91 Å². The van der Waals surface area contributed by atoms with Crippen LogP contribution in [0.1, 0.15) is 61.7 Å². The number of carbonyl (C=O) groups excluding carboxylic acids is 1. The summed E-state index contributed by atoms with van der Waals surface area (Å²) in [5.41, 5.74) is 1.12. The summed E-state index contributed by atoms with van der Waals surface area (Å²) in [6.07, 6.45) is 11.2. The van der Waals surface area contributed by atoms with Crippen molar-refractivity contribution in [1.29, 1.82) is 0 Å². The minimum Gasteiger partial charge on any atom is -0.385 e. The van der Waals surface area contributed by atoms with Gasteiger partial charge in [-0.1, -0.05) is 47.7 Å². The van der Waals surface area contributed by atoms with Gasteiger partial charge in [0.2, 0.25) is 0 Å². The number of benzene rings is 1. The zero-order valence-corrected chi connectivity index (χ0v) is 18.5. The number of carbonyl (C=O) groups is 1. The Morgan fingerprint density at radius 1 is 1.24 bits per heavy atom. The highest BCUT2D eigenvalue weighted by Gasteiger charge is 2.35. The Hall–Kier alpha value is -1.37. The highest BCUT2D eigenvalue weighted by Crippen LogP contribution is 2.30. The van der Waals surface area contributed by atoms with Crippen molar-refractivity contribution in [2.45, 2.75) is 63.5 Å². The molecule has 1 aromatic carbocycles. The van der Waals surface area contributed by atoms with E-state index in [1.807, 2.05) is 18.3 Å². The van der Waals surface area contributed by atoms with Crippen molar-refractivity contribution in [2.75, 3.05) is 19.8 Å². The Bertz CT molecular complexity index is 851. The first-order valence-electron chi connectivity index (χ1n) is 10.9. The first-order valence-corrected chi connectivity index (χ1v) is 11.7. The first kappa shape index (κ1) is 20.9. The standard InChI is InChI=1S/C23H31BrN2O3/c24-19-9-5-10-20-21(19)18(14-26(20)12-6-11-23(28)15-29-16-23)22(27)25-13-17-7-3-1-2-4-8-17/h5,9-10,14,17,28H,1-4,6-8,11-13,15-16H2,(H,25,27). The average Bonchev–Trinajstić information content (AvgIpc) is 2.87. The number of aryl methyl sites for hydroxylation is 1. The smallest absolute Gasteiger partial charge is 0.253 e. The van der Waals surface area contributed by atoms with Crippen LogP contribution in [0.3, 0.4) is 0 Å². The molecule has 1 aliphatic heterocycles. The molecular formula is C23H31BrN2O3. The summed E-state index contributed by atoms with van der Waals surface area (Å²) in [7, 11) is 0. The number of hydrogen-bond donors (Lipinski definition) is 2. The molecule has 0 atom stereocenters. The predicted octanol–water partition coefficient (Wildman–Crippen LogP) is 4.65. The third-order valence-corrected chi connectivity index (χ3v) is 7.07. The van der Waals surface area contributed by atoms with Crippen LogP contribution < -0.4 is 5.32 Å². The largest absolute Gasteiger partial charge is 0.385 e. The third kappa shape index (κ3) is 4.86. The SMILES string of the molecule is O=C(NCC1CCCCCC1)c1cn(CCCC2(O)COC2)c2cccc(Br)c12. The highest BCUT2D eigenvalue weighted by molar-refractivity contribution is 9.10. The minimum atomic E-state index is -0.664. The molecule has 1 saturated carbocycles. The van der Waals surface area contributed by atoms with E-state index < -0.39 is 5.60 Å². The molecule has 2 aliphatic rings. The Morgan fingerprint density at radius 3 is 2.69 bits per heavy atom. The molecule has 2 heterocycles. The minimum absolute atomic E-state index is 0.0101. The fourth-order valence-corrected chi connectivity index (χ4v) is 5.20. The Kier molecular flexibility index (Phi) is 6.62. The molecule has 5 nitrogen and oxygen atoms in total. The Morgan fingerprint density at radius 2 is 2.00 bits per heavy atom. The normalized spacial score (nSPS) is 19.7. The number of fused-ring (bicyclic) bond motifs is 1. The third-order valence-electron chi connectivity index (χ3n) is 6.41. The van der Waals surface area contributed by atoms with Crippen LogP contribution in [-0.2, 0) is 11.3 Å². The Labute approximate surface area is 180 Å². The Balaban J connectivity index is 1.46. The van der Waals surface area contributed by atoms with Crippen molar-refractivity contribution in [2.24, 2.45) is 5.92 Å². The van der Waals surface area contributed by atoms with Crippen LogP contribution in [0.2, 0.25) is 0 Å². The highest BCUT2D eigenvalue weighted by atomic mass is 79.9. The number of amides is 1. The van der Waals surface area contributed by atoms with E-state index >= 15 is 0 Å². The maximum atomic E-state index is 13.0. The molecular weight excluding hydrogens is 432 g/mol. The summed E-state index contributed by atoms with van der Waals surface area (Å²) in [6, 6.07) is 6.05. The maximum Gasteiger partial charge on any atom is 0.253 e. The lowest BCUT2D eigenvalue weighted by Crippen LogP contribution is -2.49. The van der Waals surface area contributed by atoms with E-state index in [1.165, 1.54) is 38.5 Å². The van der Waals surface area contributed by atoms with E-state index in [9.17, 15) is 9.90 Å². The molecule has 1 saturated heterocycles. The molecule has 1 amide bonds. The number of hydrogen-bond acceptors (Lipinski definition) is 3. The predicted molar refractivity (Wildman–Crippen MR) is 118 cm³/mol. The number of rotatable bonds is 7. The molecule has 1 aliphatic carbocycles. The van der Waals surface area contributed by atoms with Crippen LogP contribution in [0.5, 0.6) is 0 Å². The number of nitrogens with zero attached hydrogens (tertiary/aromatic N) is 1. The summed E-state index contributed by atoms with van der Waals surface area (Å²) in [5.74, 6) is 0.611. The topological polar surface area (TPSA) is 63.5 Å². The van der Waals surface area contributed by atoms with Gasteiger partial charge in [-0.25, -0.2) is 0 Å². The molecule has 6 heteroatoms.